The lowest BCUT2D eigenvalue weighted by Gasteiger charge is -2.43. The molecule has 21 heavy (non-hydrogen) atoms. The Hall–Kier alpha value is -0.610. The Morgan fingerprint density at radius 1 is 1.24 bits per heavy atom. The van der Waals surface area contributed by atoms with Gasteiger partial charge in [0.2, 0.25) is 5.91 Å². The van der Waals surface area contributed by atoms with Crippen LogP contribution in [0.2, 0.25) is 0 Å². The Balaban J connectivity index is 2.13. The summed E-state index contributed by atoms with van der Waals surface area (Å²) in [6.45, 7) is 4.67. The lowest BCUT2D eigenvalue weighted by Crippen LogP contribution is -2.53. The zero-order valence-corrected chi connectivity index (χ0v) is 13.6. The van der Waals surface area contributed by atoms with Crippen molar-refractivity contribution in [3.05, 3.63) is 0 Å². The van der Waals surface area contributed by atoms with Gasteiger partial charge >= 0.3 is 0 Å². The van der Waals surface area contributed by atoms with Crippen LogP contribution in [0.1, 0.15) is 64.7 Å². The zero-order valence-electron chi connectivity index (χ0n) is 13.6. The van der Waals surface area contributed by atoms with Crippen molar-refractivity contribution >= 4 is 5.91 Å². The van der Waals surface area contributed by atoms with Crippen LogP contribution in [0.25, 0.3) is 0 Å². The minimum absolute atomic E-state index is 0.0860. The molecule has 4 nitrogen and oxygen atoms in total. The summed E-state index contributed by atoms with van der Waals surface area (Å²) in [5, 5.41) is 12.8. The molecule has 0 atom stereocenters. The fourth-order valence-electron chi connectivity index (χ4n) is 4.21. The molecule has 1 aliphatic heterocycles. The molecule has 0 bridgehead atoms. The van der Waals surface area contributed by atoms with E-state index in [0.717, 1.165) is 51.6 Å². The van der Waals surface area contributed by atoms with Crippen LogP contribution in [0.3, 0.4) is 0 Å². The van der Waals surface area contributed by atoms with Gasteiger partial charge in [0.05, 0.1) is 12.0 Å². The average molecular weight is 296 g/mol. The maximum atomic E-state index is 13.3. The molecular formula is C17H32N2O2. The van der Waals surface area contributed by atoms with E-state index >= 15 is 0 Å². The van der Waals surface area contributed by atoms with Crippen molar-refractivity contribution in [2.45, 2.75) is 70.8 Å². The van der Waals surface area contributed by atoms with Crippen LogP contribution in [0, 0.1) is 5.41 Å². The predicted molar refractivity (Wildman–Crippen MR) is 85.1 cm³/mol. The van der Waals surface area contributed by atoms with Gasteiger partial charge in [-0.1, -0.05) is 32.6 Å². The number of carbonyl (C=O) groups excluding carboxylic acids is 1. The van der Waals surface area contributed by atoms with Crippen LogP contribution < -0.4 is 5.32 Å². The molecule has 4 heteroatoms. The Kier molecular flexibility index (Phi) is 6.49. The van der Waals surface area contributed by atoms with E-state index in [2.05, 4.69) is 12.2 Å². The van der Waals surface area contributed by atoms with Crippen molar-refractivity contribution in [1.82, 2.24) is 10.2 Å². The first-order valence-electron chi connectivity index (χ1n) is 8.86. The molecule has 1 aliphatic carbocycles. The van der Waals surface area contributed by atoms with Gasteiger partial charge in [0.25, 0.3) is 0 Å². The molecule has 1 heterocycles. The molecule has 2 aliphatic rings. The first-order chi connectivity index (χ1) is 10.2. The Labute approximate surface area is 129 Å². The number of nitrogens with zero attached hydrogens (tertiary/aromatic N) is 1. The number of aliphatic hydroxyl groups is 1. The number of hydrogen-bond donors (Lipinski definition) is 2. The van der Waals surface area contributed by atoms with Gasteiger partial charge < -0.3 is 15.3 Å². The van der Waals surface area contributed by atoms with Crippen molar-refractivity contribution < 1.29 is 9.90 Å². The summed E-state index contributed by atoms with van der Waals surface area (Å²) in [7, 11) is 0. The van der Waals surface area contributed by atoms with Crippen molar-refractivity contribution in [3.8, 4) is 0 Å². The van der Waals surface area contributed by atoms with E-state index in [1.165, 1.54) is 19.3 Å². The number of rotatable bonds is 6. The first kappa shape index (κ1) is 16.8. The van der Waals surface area contributed by atoms with Crippen LogP contribution in [-0.2, 0) is 4.79 Å². The van der Waals surface area contributed by atoms with Crippen molar-refractivity contribution in [3.63, 3.8) is 0 Å². The molecule has 2 fully saturated rings. The van der Waals surface area contributed by atoms with E-state index in [-0.39, 0.29) is 12.0 Å². The van der Waals surface area contributed by atoms with Gasteiger partial charge in [-0.05, 0) is 45.2 Å². The largest absolute Gasteiger partial charge is 0.395 e. The molecule has 0 radical (unpaired) electrons. The SMILES string of the molecule is CCCC1(C(=O)N(CCO)C2CCCCC2)CCNCC1. The second-order valence-electron chi connectivity index (χ2n) is 6.79. The minimum Gasteiger partial charge on any atom is -0.395 e. The number of carbonyl (C=O) groups is 1. The molecular weight excluding hydrogens is 264 g/mol. The minimum atomic E-state index is -0.174. The Morgan fingerprint density at radius 2 is 1.90 bits per heavy atom. The molecule has 0 unspecified atom stereocenters. The summed E-state index contributed by atoms with van der Waals surface area (Å²) >= 11 is 0. The monoisotopic (exact) mass is 296 g/mol. The molecule has 1 saturated heterocycles. The highest BCUT2D eigenvalue weighted by atomic mass is 16.3. The number of hydrogen-bond acceptors (Lipinski definition) is 3. The van der Waals surface area contributed by atoms with Crippen LogP contribution in [-0.4, -0.2) is 48.2 Å². The molecule has 2 rings (SSSR count). The lowest BCUT2D eigenvalue weighted by atomic mass is 9.73. The van der Waals surface area contributed by atoms with E-state index in [9.17, 15) is 9.90 Å². The van der Waals surface area contributed by atoms with E-state index < -0.39 is 0 Å². The van der Waals surface area contributed by atoms with Gasteiger partial charge in [-0.25, -0.2) is 0 Å². The molecule has 0 aromatic heterocycles. The molecule has 0 aromatic rings. The van der Waals surface area contributed by atoms with E-state index in [0.29, 0.717) is 18.5 Å². The third-order valence-electron chi connectivity index (χ3n) is 5.36. The van der Waals surface area contributed by atoms with Gasteiger partial charge in [-0.3, -0.25) is 4.79 Å². The van der Waals surface area contributed by atoms with Crippen molar-refractivity contribution in [2.24, 2.45) is 5.41 Å². The third kappa shape index (κ3) is 3.98. The fraction of sp³-hybridized carbons (Fsp3) is 0.941. The predicted octanol–water partition coefficient (Wildman–Crippen LogP) is 2.31. The normalized spacial score (nSPS) is 23.0. The quantitative estimate of drug-likeness (QED) is 0.791. The highest BCUT2D eigenvalue weighted by Crippen LogP contribution is 2.38. The van der Waals surface area contributed by atoms with Crippen molar-refractivity contribution in [1.29, 1.82) is 0 Å². The molecule has 0 spiro atoms. The molecule has 122 valence electrons. The maximum Gasteiger partial charge on any atom is 0.229 e. The fourth-order valence-corrected chi connectivity index (χ4v) is 4.21. The highest BCUT2D eigenvalue weighted by Gasteiger charge is 2.42. The second-order valence-corrected chi connectivity index (χ2v) is 6.79. The average Bonchev–Trinajstić information content (AvgIpc) is 2.54. The van der Waals surface area contributed by atoms with Crippen LogP contribution in [0.5, 0.6) is 0 Å². The second kappa shape index (κ2) is 8.14. The highest BCUT2D eigenvalue weighted by molar-refractivity contribution is 5.83. The smallest absolute Gasteiger partial charge is 0.229 e. The van der Waals surface area contributed by atoms with Crippen LogP contribution in [0.15, 0.2) is 0 Å². The topological polar surface area (TPSA) is 52.6 Å². The summed E-state index contributed by atoms with van der Waals surface area (Å²) in [5.74, 6) is 0.326. The summed E-state index contributed by atoms with van der Waals surface area (Å²) in [6, 6.07) is 0.363. The van der Waals surface area contributed by atoms with Gasteiger partial charge in [0.15, 0.2) is 0 Å². The lowest BCUT2D eigenvalue weighted by molar-refractivity contribution is -0.148. The summed E-state index contributed by atoms with van der Waals surface area (Å²) in [5.41, 5.74) is -0.174. The number of nitrogens with one attached hydrogen (secondary N) is 1. The van der Waals surface area contributed by atoms with E-state index in [1.54, 1.807) is 0 Å². The molecule has 0 aromatic carbocycles. The molecule has 1 saturated carbocycles. The van der Waals surface area contributed by atoms with Gasteiger partial charge in [-0.2, -0.15) is 0 Å². The molecule has 1 amide bonds. The zero-order chi connectivity index (χ0) is 15.1. The first-order valence-corrected chi connectivity index (χ1v) is 8.86. The summed E-state index contributed by atoms with van der Waals surface area (Å²) in [6.07, 6.45) is 9.93. The Morgan fingerprint density at radius 3 is 2.48 bits per heavy atom. The van der Waals surface area contributed by atoms with Gasteiger partial charge in [0, 0.05) is 12.6 Å². The van der Waals surface area contributed by atoms with E-state index in [1.807, 2.05) is 4.90 Å². The standard InChI is InChI=1S/C17H32N2O2/c1-2-8-17(9-11-18-12-10-17)16(21)19(13-14-20)15-6-4-3-5-7-15/h15,18,20H,2-14H2,1H3. The third-order valence-corrected chi connectivity index (χ3v) is 5.36. The van der Waals surface area contributed by atoms with E-state index in [4.69, 9.17) is 0 Å². The Bertz CT molecular complexity index is 315. The van der Waals surface area contributed by atoms with Crippen LogP contribution in [0.4, 0.5) is 0 Å². The summed E-state index contributed by atoms with van der Waals surface area (Å²) < 4.78 is 0. The maximum absolute atomic E-state index is 13.3. The number of amides is 1. The number of aliphatic hydroxyl groups excluding tert-OH is 1. The number of piperidine rings is 1. The van der Waals surface area contributed by atoms with Gasteiger partial charge in [0.1, 0.15) is 0 Å². The van der Waals surface area contributed by atoms with Gasteiger partial charge in [-0.15, -0.1) is 0 Å². The summed E-state index contributed by atoms with van der Waals surface area (Å²) in [4.78, 5) is 15.3. The van der Waals surface area contributed by atoms with Crippen molar-refractivity contribution in [2.75, 3.05) is 26.2 Å². The molecule has 2 N–H and O–H groups in total. The van der Waals surface area contributed by atoms with Crippen LogP contribution >= 0.6 is 0 Å².